The van der Waals surface area contributed by atoms with Crippen LogP contribution in [0.3, 0.4) is 0 Å². The zero-order valence-electron chi connectivity index (χ0n) is 9.92. The smallest absolute Gasteiger partial charge is 0.356 e. The monoisotopic (exact) mass is 263 g/mol. The first kappa shape index (κ1) is 12.7. The number of anilines is 1. The van der Waals surface area contributed by atoms with Crippen LogP contribution in [0.25, 0.3) is 11.3 Å². The average molecular weight is 263 g/mol. The van der Waals surface area contributed by atoms with Gasteiger partial charge in [0.2, 0.25) is 0 Å². The van der Waals surface area contributed by atoms with E-state index >= 15 is 0 Å². The number of carbonyl (C=O) groups is 1. The fourth-order valence-electron chi connectivity index (χ4n) is 1.59. The summed E-state index contributed by atoms with van der Waals surface area (Å²) in [6, 6.07) is 4.18. The number of nitrogens with two attached hydrogens (primary N) is 1. The summed E-state index contributed by atoms with van der Waals surface area (Å²) in [6.45, 7) is 0. The second-order valence-electron chi connectivity index (χ2n) is 3.61. The molecule has 98 valence electrons. The maximum Gasteiger partial charge on any atom is 0.356 e. The highest BCUT2D eigenvalue weighted by molar-refractivity contribution is 5.87. The molecule has 3 N–H and O–H groups in total. The number of aromatic nitrogens is 2. The van der Waals surface area contributed by atoms with Crippen LogP contribution in [0, 0.1) is 5.82 Å². The molecule has 1 aromatic carbocycles. The number of hydrogen-bond donors (Lipinski definition) is 2. The fraction of sp³-hybridized carbons (Fsp3) is 0.0833. The fourth-order valence-corrected chi connectivity index (χ4v) is 1.59. The molecule has 0 radical (unpaired) electrons. The van der Waals surface area contributed by atoms with Gasteiger partial charge in [0.15, 0.2) is 5.69 Å². The van der Waals surface area contributed by atoms with E-state index in [1.807, 2.05) is 0 Å². The maximum atomic E-state index is 13.9. The normalized spacial score (nSPS) is 10.2. The lowest BCUT2D eigenvalue weighted by atomic mass is 10.1. The second-order valence-corrected chi connectivity index (χ2v) is 3.61. The van der Waals surface area contributed by atoms with Gasteiger partial charge >= 0.3 is 5.97 Å². The zero-order valence-corrected chi connectivity index (χ0v) is 9.92. The number of nitrogens with zero attached hydrogens (tertiary/aromatic N) is 2. The van der Waals surface area contributed by atoms with Gasteiger partial charge in [0.25, 0.3) is 0 Å². The Kier molecular flexibility index (Phi) is 3.28. The van der Waals surface area contributed by atoms with E-state index in [4.69, 9.17) is 15.6 Å². The largest absolute Gasteiger partial charge is 0.496 e. The Hall–Kier alpha value is -2.70. The Morgan fingerprint density at radius 1 is 1.47 bits per heavy atom. The summed E-state index contributed by atoms with van der Waals surface area (Å²) in [5, 5.41) is 8.87. The van der Waals surface area contributed by atoms with Crippen molar-refractivity contribution >= 4 is 11.8 Å². The summed E-state index contributed by atoms with van der Waals surface area (Å²) in [5.41, 5.74) is 5.22. The van der Waals surface area contributed by atoms with E-state index in [0.29, 0.717) is 0 Å². The van der Waals surface area contributed by atoms with Crippen molar-refractivity contribution in [3.8, 4) is 17.0 Å². The van der Waals surface area contributed by atoms with Gasteiger partial charge < -0.3 is 15.6 Å². The third-order valence-electron chi connectivity index (χ3n) is 2.45. The van der Waals surface area contributed by atoms with Crippen LogP contribution in [0.4, 0.5) is 10.2 Å². The molecule has 1 aromatic heterocycles. The molecule has 2 rings (SSSR count). The minimum Gasteiger partial charge on any atom is -0.496 e. The average Bonchev–Trinajstić information content (AvgIpc) is 2.39. The molecular weight excluding hydrogens is 253 g/mol. The van der Waals surface area contributed by atoms with Crippen molar-refractivity contribution in [1.29, 1.82) is 0 Å². The van der Waals surface area contributed by atoms with Gasteiger partial charge in [-0.15, -0.1) is 0 Å². The number of carboxylic acids is 1. The highest BCUT2D eigenvalue weighted by Gasteiger charge is 2.18. The molecule has 0 spiro atoms. The van der Waals surface area contributed by atoms with Gasteiger partial charge in [-0.25, -0.2) is 19.2 Å². The van der Waals surface area contributed by atoms with Gasteiger partial charge in [0.05, 0.1) is 18.9 Å². The van der Waals surface area contributed by atoms with Crippen LogP contribution in [0.15, 0.2) is 24.4 Å². The summed E-state index contributed by atoms with van der Waals surface area (Å²) >= 11 is 0. The number of ether oxygens (including phenoxy) is 1. The Morgan fingerprint density at radius 3 is 2.84 bits per heavy atom. The van der Waals surface area contributed by atoms with Crippen LogP contribution < -0.4 is 10.5 Å². The highest BCUT2D eigenvalue weighted by Crippen LogP contribution is 2.33. The Morgan fingerprint density at radius 2 is 2.21 bits per heavy atom. The van der Waals surface area contributed by atoms with Gasteiger partial charge in [-0.3, -0.25) is 0 Å². The standard InChI is InChI=1S/C12H10FN3O3/c1-19-8-4-2-3-6(13)9(8)10-11(14)15-5-7(16-10)12(17)18/h2-5H,1H3,(H2,14,15)(H,17,18). The predicted octanol–water partition coefficient (Wildman–Crippen LogP) is 1.57. The molecule has 1 heterocycles. The molecule has 2 aromatic rings. The summed E-state index contributed by atoms with van der Waals surface area (Å²) in [4.78, 5) is 18.4. The number of carboxylic acid groups (broad SMARTS) is 1. The SMILES string of the molecule is COc1cccc(F)c1-c1nc(C(=O)O)cnc1N. The van der Waals surface area contributed by atoms with Gasteiger partial charge in [0, 0.05) is 0 Å². The van der Waals surface area contributed by atoms with Crippen LogP contribution in [0.1, 0.15) is 10.5 Å². The lowest BCUT2D eigenvalue weighted by molar-refractivity contribution is 0.0690. The third kappa shape index (κ3) is 2.30. The molecule has 0 bridgehead atoms. The molecule has 0 amide bonds. The summed E-state index contributed by atoms with van der Waals surface area (Å²) in [6.07, 6.45) is 1.01. The van der Waals surface area contributed by atoms with Crippen LogP contribution in [0.5, 0.6) is 5.75 Å². The van der Waals surface area contributed by atoms with E-state index in [-0.39, 0.29) is 28.5 Å². The van der Waals surface area contributed by atoms with Crippen molar-refractivity contribution < 1.29 is 19.0 Å². The van der Waals surface area contributed by atoms with Crippen LogP contribution >= 0.6 is 0 Å². The number of rotatable bonds is 3. The predicted molar refractivity (Wildman–Crippen MR) is 65.3 cm³/mol. The molecule has 0 aliphatic heterocycles. The number of halogens is 1. The zero-order chi connectivity index (χ0) is 14.0. The summed E-state index contributed by atoms with van der Waals surface area (Å²) < 4.78 is 18.9. The number of benzene rings is 1. The number of nitrogen functional groups attached to an aromatic ring is 1. The molecule has 0 saturated carbocycles. The van der Waals surface area contributed by atoms with Crippen molar-refractivity contribution in [3.63, 3.8) is 0 Å². The Bertz CT molecular complexity index is 646. The quantitative estimate of drug-likeness (QED) is 0.872. The van der Waals surface area contributed by atoms with Crippen LogP contribution in [0.2, 0.25) is 0 Å². The molecule has 0 saturated heterocycles. The van der Waals surface area contributed by atoms with Crippen molar-refractivity contribution in [1.82, 2.24) is 9.97 Å². The lowest BCUT2D eigenvalue weighted by Crippen LogP contribution is -2.07. The molecule has 0 aliphatic carbocycles. The van der Waals surface area contributed by atoms with Gasteiger partial charge in [-0.2, -0.15) is 0 Å². The van der Waals surface area contributed by atoms with E-state index in [2.05, 4.69) is 9.97 Å². The van der Waals surface area contributed by atoms with E-state index in [9.17, 15) is 9.18 Å². The molecular formula is C12H10FN3O3. The van der Waals surface area contributed by atoms with Crippen molar-refractivity contribution in [2.75, 3.05) is 12.8 Å². The van der Waals surface area contributed by atoms with E-state index < -0.39 is 11.8 Å². The minimum atomic E-state index is -1.27. The molecule has 0 aliphatic rings. The first-order valence-electron chi connectivity index (χ1n) is 5.23. The Labute approximate surface area is 107 Å². The first-order chi connectivity index (χ1) is 9.04. The van der Waals surface area contributed by atoms with Crippen molar-refractivity contribution in [2.45, 2.75) is 0 Å². The van der Waals surface area contributed by atoms with E-state index in [0.717, 1.165) is 6.20 Å². The lowest BCUT2D eigenvalue weighted by Gasteiger charge is -2.10. The topological polar surface area (TPSA) is 98.3 Å². The molecule has 0 unspecified atom stereocenters. The van der Waals surface area contributed by atoms with Crippen molar-refractivity contribution in [3.05, 3.63) is 35.9 Å². The molecule has 0 fully saturated rings. The Balaban J connectivity index is 2.71. The summed E-state index contributed by atoms with van der Waals surface area (Å²) in [7, 11) is 1.36. The van der Waals surface area contributed by atoms with Crippen LogP contribution in [-0.2, 0) is 0 Å². The van der Waals surface area contributed by atoms with E-state index in [1.54, 1.807) is 0 Å². The van der Waals surface area contributed by atoms with E-state index in [1.165, 1.54) is 25.3 Å². The second kappa shape index (κ2) is 4.89. The summed E-state index contributed by atoms with van der Waals surface area (Å²) in [5.74, 6) is -1.77. The van der Waals surface area contributed by atoms with Crippen molar-refractivity contribution in [2.24, 2.45) is 0 Å². The highest BCUT2D eigenvalue weighted by atomic mass is 19.1. The van der Waals surface area contributed by atoms with Crippen LogP contribution in [-0.4, -0.2) is 28.2 Å². The minimum absolute atomic E-state index is 0.0156. The molecule has 0 atom stereocenters. The first-order valence-corrected chi connectivity index (χ1v) is 5.23. The number of hydrogen-bond acceptors (Lipinski definition) is 5. The third-order valence-corrected chi connectivity index (χ3v) is 2.45. The molecule has 7 heteroatoms. The van der Waals surface area contributed by atoms with Gasteiger partial charge in [-0.05, 0) is 12.1 Å². The molecule has 19 heavy (non-hydrogen) atoms. The van der Waals surface area contributed by atoms with Gasteiger partial charge in [-0.1, -0.05) is 6.07 Å². The number of aromatic carboxylic acids is 1. The van der Waals surface area contributed by atoms with Gasteiger partial charge in [0.1, 0.15) is 23.1 Å². The number of methoxy groups -OCH3 is 1. The maximum absolute atomic E-state index is 13.9. The molecule has 6 nitrogen and oxygen atoms in total.